The summed E-state index contributed by atoms with van der Waals surface area (Å²) in [4.78, 5) is 25.1. The van der Waals surface area contributed by atoms with Gasteiger partial charge >= 0.3 is 5.97 Å². The van der Waals surface area contributed by atoms with Crippen molar-refractivity contribution in [3.63, 3.8) is 0 Å². The lowest BCUT2D eigenvalue weighted by molar-refractivity contribution is -0.111. The summed E-state index contributed by atoms with van der Waals surface area (Å²) in [5, 5.41) is 10.3. The molecule has 0 unspecified atom stereocenters. The van der Waals surface area contributed by atoms with Crippen LogP contribution < -0.4 is 4.90 Å². The summed E-state index contributed by atoms with van der Waals surface area (Å²) in [6.45, 7) is 1.77. The van der Waals surface area contributed by atoms with Crippen LogP contribution in [0.2, 0.25) is 5.02 Å². The first-order chi connectivity index (χ1) is 17.0. The van der Waals surface area contributed by atoms with Crippen LogP contribution in [0, 0.1) is 5.92 Å². The Balaban J connectivity index is 1.60. The number of anilines is 1. The monoisotopic (exact) mass is 485 g/mol. The third kappa shape index (κ3) is 4.76. The van der Waals surface area contributed by atoms with Gasteiger partial charge in [0.05, 0.1) is 5.56 Å². The Morgan fingerprint density at radius 3 is 2.37 bits per heavy atom. The first-order valence-electron chi connectivity index (χ1n) is 12.2. The van der Waals surface area contributed by atoms with E-state index in [1.807, 2.05) is 30.3 Å². The molecule has 4 nitrogen and oxygen atoms in total. The molecule has 0 amide bonds. The van der Waals surface area contributed by atoms with E-state index < -0.39 is 5.97 Å². The van der Waals surface area contributed by atoms with E-state index in [-0.39, 0.29) is 5.92 Å². The van der Waals surface area contributed by atoms with E-state index >= 15 is 0 Å². The number of carbonyl (C=O) groups is 2. The fourth-order valence-corrected chi connectivity index (χ4v) is 5.61. The molecule has 1 N–H and O–H groups in total. The first-order valence-corrected chi connectivity index (χ1v) is 12.6. The van der Waals surface area contributed by atoms with Crippen molar-refractivity contribution >= 4 is 40.7 Å². The van der Waals surface area contributed by atoms with Gasteiger partial charge in [-0.05, 0) is 95.8 Å². The zero-order valence-corrected chi connectivity index (χ0v) is 20.3. The van der Waals surface area contributed by atoms with Crippen molar-refractivity contribution in [1.82, 2.24) is 0 Å². The highest BCUT2D eigenvalue weighted by Gasteiger charge is 2.23. The number of hydrogen-bond donors (Lipinski definition) is 1. The molecule has 178 valence electrons. The van der Waals surface area contributed by atoms with E-state index in [2.05, 4.69) is 35.2 Å². The van der Waals surface area contributed by atoms with Crippen LogP contribution in [-0.4, -0.2) is 30.5 Å². The number of aldehydes is 1. The van der Waals surface area contributed by atoms with Crippen LogP contribution in [-0.2, 0) is 11.2 Å². The zero-order valence-electron chi connectivity index (χ0n) is 19.5. The Kier molecular flexibility index (Phi) is 6.74. The normalized spacial score (nSPS) is 16.5. The second kappa shape index (κ2) is 10.1. The van der Waals surface area contributed by atoms with Gasteiger partial charge in [-0.2, -0.15) is 0 Å². The second-order valence-corrected chi connectivity index (χ2v) is 9.78. The maximum absolute atomic E-state index is 11.6. The number of benzene rings is 3. The summed E-state index contributed by atoms with van der Waals surface area (Å²) in [5.41, 5.74) is 8.04. The van der Waals surface area contributed by atoms with Gasteiger partial charge in [0.1, 0.15) is 6.29 Å². The summed E-state index contributed by atoms with van der Waals surface area (Å²) >= 11 is 6.66. The van der Waals surface area contributed by atoms with Crippen molar-refractivity contribution in [3.05, 3.63) is 99.6 Å². The number of rotatable bonds is 5. The summed E-state index contributed by atoms with van der Waals surface area (Å²) in [7, 11) is 0. The summed E-state index contributed by atoms with van der Waals surface area (Å²) in [6, 6.07) is 22.0. The molecule has 3 aromatic rings. The molecule has 5 rings (SSSR count). The highest BCUT2D eigenvalue weighted by Crippen LogP contribution is 2.42. The number of aryl methyl sites for hydroxylation is 1. The van der Waals surface area contributed by atoms with Crippen molar-refractivity contribution in [2.24, 2.45) is 5.92 Å². The van der Waals surface area contributed by atoms with Gasteiger partial charge in [-0.1, -0.05) is 48.0 Å². The van der Waals surface area contributed by atoms with Gasteiger partial charge in [0.15, 0.2) is 0 Å². The second-order valence-electron chi connectivity index (χ2n) is 9.37. The lowest BCUT2D eigenvalue weighted by atomic mass is 9.87. The molecular formula is C30H28ClNO3. The topological polar surface area (TPSA) is 57.6 Å². The van der Waals surface area contributed by atoms with Crippen molar-refractivity contribution in [2.45, 2.75) is 32.1 Å². The Labute approximate surface area is 210 Å². The molecule has 35 heavy (non-hydrogen) atoms. The van der Waals surface area contributed by atoms with Crippen LogP contribution in [0.1, 0.15) is 58.3 Å². The molecule has 0 bridgehead atoms. The molecule has 1 aliphatic heterocycles. The quantitative estimate of drug-likeness (QED) is 0.406. The third-order valence-electron chi connectivity index (χ3n) is 7.25. The Morgan fingerprint density at radius 2 is 1.69 bits per heavy atom. The van der Waals surface area contributed by atoms with Crippen LogP contribution in [0.4, 0.5) is 5.69 Å². The minimum atomic E-state index is -0.906. The molecule has 0 saturated carbocycles. The van der Waals surface area contributed by atoms with E-state index in [0.29, 0.717) is 5.56 Å². The van der Waals surface area contributed by atoms with Gasteiger partial charge in [-0.25, -0.2) is 4.79 Å². The van der Waals surface area contributed by atoms with E-state index in [0.717, 1.165) is 90.0 Å². The number of hydrogen-bond acceptors (Lipinski definition) is 3. The molecule has 5 heteroatoms. The van der Waals surface area contributed by atoms with E-state index in [4.69, 9.17) is 11.6 Å². The Morgan fingerprint density at radius 1 is 0.943 bits per heavy atom. The molecule has 1 aliphatic carbocycles. The predicted octanol–water partition coefficient (Wildman–Crippen LogP) is 6.75. The van der Waals surface area contributed by atoms with Gasteiger partial charge in [-0.15, -0.1) is 0 Å². The maximum Gasteiger partial charge on any atom is 0.335 e. The Bertz CT molecular complexity index is 1290. The minimum Gasteiger partial charge on any atom is -0.478 e. The van der Waals surface area contributed by atoms with Gasteiger partial charge in [-0.3, -0.25) is 0 Å². The number of piperidine rings is 1. The van der Waals surface area contributed by atoms with Crippen molar-refractivity contribution in [1.29, 1.82) is 0 Å². The fourth-order valence-electron chi connectivity index (χ4n) is 5.36. The van der Waals surface area contributed by atoms with Crippen LogP contribution in [0.3, 0.4) is 0 Å². The number of carboxylic acid groups (broad SMARTS) is 1. The van der Waals surface area contributed by atoms with Crippen molar-refractivity contribution < 1.29 is 14.7 Å². The average Bonchev–Trinajstić information content (AvgIpc) is 3.08. The zero-order chi connectivity index (χ0) is 24.4. The summed E-state index contributed by atoms with van der Waals surface area (Å²) in [5.74, 6) is -0.733. The molecule has 2 aliphatic rings. The van der Waals surface area contributed by atoms with Gasteiger partial charge in [0.2, 0.25) is 0 Å². The number of fused-ring (bicyclic) bond motifs is 1. The molecule has 1 heterocycles. The molecule has 0 radical (unpaired) electrons. The molecule has 3 aromatic carbocycles. The number of carboxylic acids is 1. The Hall–Kier alpha value is -3.37. The molecule has 0 spiro atoms. The number of carbonyl (C=O) groups excluding carboxylic acids is 1. The summed E-state index contributed by atoms with van der Waals surface area (Å²) in [6.07, 6.45) is 5.47. The highest BCUT2D eigenvalue weighted by atomic mass is 35.5. The summed E-state index contributed by atoms with van der Waals surface area (Å²) < 4.78 is 0. The smallest absolute Gasteiger partial charge is 0.335 e. The third-order valence-corrected chi connectivity index (χ3v) is 7.58. The lowest BCUT2D eigenvalue weighted by Crippen LogP contribution is -2.34. The maximum atomic E-state index is 11.6. The standard InChI is InChI=1S/C30H28ClNO3/c31-28-7-2-1-5-26(28)27-6-3-4-22-18-23(30(34)35)10-13-25(22)29(27)21-8-11-24(12-9-21)32-16-14-20(19-33)15-17-32/h1-2,5,7-13,18-20H,3-4,6,14-17H2,(H,34,35). The van der Waals surface area contributed by atoms with E-state index in [9.17, 15) is 14.7 Å². The minimum absolute atomic E-state index is 0.173. The largest absolute Gasteiger partial charge is 0.478 e. The van der Waals surface area contributed by atoms with Gasteiger partial charge in [0.25, 0.3) is 0 Å². The molecular weight excluding hydrogens is 458 g/mol. The first kappa shape index (κ1) is 23.4. The number of allylic oxidation sites excluding steroid dienone is 1. The number of nitrogens with zero attached hydrogens (tertiary/aromatic N) is 1. The van der Waals surface area contributed by atoms with Crippen molar-refractivity contribution in [2.75, 3.05) is 18.0 Å². The lowest BCUT2D eigenvalue weighted by Gasteiger charge is -2.31. The number of aromatic carboxylic acids is 1. The van der Waals surface area contributed by atoms with Crippen LogP contribution >= 0.6 is 11.6 Å². The predicted molar refractivity (Wildman–Crippen MR) is 141 cm³/mol. The molecule has 0 aromatic heterocycles. The van der Waals surface area contributed by atoms with Gasteiger partial charge < -0.3 is 14.8 Å². The fraction of sp³-hybridized carbons (Fsp3) is 0.267. The molecule has 0 atom stereocenters. The molecule has 1 saturated heterocycles. The van der Waals surface area contributed by atoms with E-state index in [1.165, 1.54) is 5.57 Å². The average molecular weight is 486 g/mol. The number of halogens is 1. The van der Waals surface area contributed by atoms with Crippen LogP contribution in [0.5, 0.6) is 0 Å². The van der Waals surface area contributed by atoms with Crippen molar-refractivity contribution in [3.8, 4) is 0 Å². The van der Waals surface area contributed by atoms with Crippen LogP contribution in [0.15, 0.2) is 66.7 Å². The van der Waals surface area contributed by atoms with E-state index in [1.54, 1.807) is 6.07 Å². The SMILES string of the molecule is O=CC1CCN(c2ccc(C3=C(c4ccccc4Cl)CCCc4cc(C(=O)O)ccc43)cc2)CC1. The van der Waals surface area contributed by atoms with Gasteiger partial charge in [0, 0.05) is 29.7 Å². The molecule has 1 fully saturated rings. The highest BCUT2D eigenvalue weighted by molar-refractivity contribution is 6.32. The van der Waals surface area contributed by atoms with Crippen LogP contribution in [0.25, 0.3) is 11.1 Å².